The zero-order valence-electron chi connectivity index (χ0n) is 20.8. The van der Waals surface area contributed by atoms with E-state index in [0.717, 1.165) is 15.8 Å². The third-order valence-electron chi connectivity index (χ3n) is 5.90. The summed E-state index contributed by atoms with van der Waals surface area (Å²) < 4.78 is 34.5. The molecular formula is C25H32N4O4S2. The highest BCUT2D eigenvalue weighted by Crippen LogP contribution is 2.31. The molecule has 1 aliphatic heterocycles. The summed E-state index contributed by atoms with van der Waals surface area (Å²) in [6, 6.07) is 12.2. The number of likely N-dealkylation sites (N-methyl/N-ethyl adjacent to an activating group) is 1. The number of carbonyl (C=O) groups excluding carboxylic acids is 1. The van der Waals surface area contributed by atoms with E-state index in [9.17, 15) is 13.2 Å². The lowest BCUT2D eigenvalue weighted by Crippen LogP contribution is -2.48. The Morgan fingerprint density at radius 3 is 2.37 bits per heavy atom. The number of fused-ring (bicyclic) bond motifs is 1. The van der Waals surface area contributed by atoms with Gasteiger partial charge in [0.25, 0.3) is 5.91 Å². The summed E-state index contributed by atoms with van der Waals surface area (Å²) in [6.45, 7) is 7.51. The fourth-order valence-electron chi connectivity index (χ4n) is 4.12. The number of nitrogens with zero attached hydrogens (tertiary/aromatic N) is 4. The van der Waals surface area contributed by atoms with Crippen molar-refractivity contribution in [2.24, 2.45) is 0 Å². The van der Waals surface area contributed by atoms with E-state index >= 15 is 0 Å². The second-order valence-electron chi connectivity index (χ2n) is 9.33. The zero-order chi connectivity index (χ0) is 25.3. The van der Waals surface area contributed by atoms with Gasteiger partial charge in [-0.05, 0) is 76.8 Å². The molecule has 1 amide bonds. The number of carbonyl (C=O) groups is 1. The quantitative estimate of drug-likeness (QED) is 0.477. The van der Waals surface area contributed by atoms with E-state index in [1.54, 1.807) is 17.0 Å². The molecule has 0 N–H and O–H groups in total. The van der Waals surface area contributed by atoms with Gasteiger partial charge in [-0.3, -0.25) is 9.69 Å². The van der Waals surface area contributed by atoms with Crippen LogP contribution >= 0.6 is 11.3 Å². The molecule has 2 aromatic carbocycles. The minimum Gasteiger partial charge on any atom is -0.373 e. The van der Waals surface area contributed by atoms with E-state index in [-0.39, 0.29) is 23.0 Å². The van der Waals surface area contributed by atoms with E-state index < -0.39 is 10.0 Å². The van der Waals surface area contributed by atoms with Gasteiger partial charge >= 0.3 is 0 Å². The number of hydrogen-bond donors (Lipinski definition) is 0. The van der Waals surface area contributed by atoms with Crippen molar-refractivity contribution >= 4 is 42.6 Å². The zero-order valence-corrected chi connectivity index (χ0v) is 22.4. The van der Waals surface area contributed by atoms with E-state index in [2.05, 4.69) is 6.07 Å². The maximum atomic E-state index is 13.5. The lowest BCUT2D eigenvalue weighted by Gasteiger charge is -2.34. The summed E-state index contributed by atoms with van der Waals surface area (Å²) in [5.74, 6) is -0.208. The van der Waals surface area contributed by atoms with Crippen molar-refractivity contribution in [3.63, 3.8) is 0 Å². The van der Waals surface area contributed by atoms with Gasteiger partial charge in [0, 0.05) is 31.7 Å². The third kappa shape index (κ3) is 5.73. The van der Waals surface area contributed by atoms with Crippen molar-refractivity contribution in [1.82, 2.24) is 14.2 Å². The van der Waals surface area contributed by atoms with Crippen LogP contribution < -0.4 is 4.90 Å². The van der Waals surface area contributed by atoms with Crippen LogP contribution in [0, 0.1) is 6.92 Å². The predicted octanol–water partition coefficient (Wildman–Crippen LogP) is 3.61. The lowest BCUT2D eigenvalue weighted by molar-refractivity contribution is -0.0440. The Bertz CT molecular complexity index is 1290. The van der Waals surface area contributed by atoms with Gasteiger partial charge in [-0.25, -0.2) is 13.4 Å². The SMILES string of the molecule is Cc1ccc2nc(N(CCN(C)C)C(=O)c3ccc(S(=O)(=O)N4CC(C)OC(C)C4)cc3)sc2c1. The van der Waals surface area contributed by atoms with E-state index in [1.807, 2.05) is 51.9 Å². The molecule has 0 bridgehead atoms. The lowest BCUT2D eigenvalue weighted by atomic mass is 10.2. The highest BCUT2D eigenvalue weighted by Gasteiger charge is 2.32. The Labute approximate surface area is 211 Å². The van der Waals surface area contributed by atoms with Crippen molar-refractivity contribution in [3.8, 4) is 0 Å². The van der Waals surface area contributed by atoms with Crippen LogP contribution in [-0.4, -0.2) is 81.0 Å². The Hall–Kier alpha value is -2.37. The van der Waals surface area contributed by atoms with Crippen LogP contribution in [0.25, 0.3) is 10.2 Å². The maximum absolute atomic E-state index is 13.5. The van der Waals surface area contributed by atoms with Crippen LogP contribution in [0.3, 0.4) is 0 Å². The fourth-order valence-corrected chi connectivity index (χ4v) is 6.80. The molecule has 1 saturated heterocycles. The van der Waals surface area contributed by atoms with Gasteiger partial charge in [0.1, 0.15) is 0 Å². The average Bonchev–Trinajstić information content (AvgIpc) is 3.21. The number of morpholine rings is 1. The first-order valence-corrected chi connectivity index (χ1v) is 13.9. The van der Waals surface area contributed by atoms with Crippen molar-refractivity contribution in [2.75, 3.05) is 45.2 Å². The fraction of sp³-hybridized carbons (Fsp3) is 0.440. The van der Waals surface area contributed by atoms with Crippen molar-refractivity contribution in [1.29, 1.82) is 0 Å². The van der Waals surface area contributed by atoms with Crippen LogP contribution in [0.15, 0.2) is 47.4 Å². The van der Waals surface area contributed by atoms with E-state index in [4.69, 9.17) is 9.72 Å². The summed E-state index contributed by atoms with van der Waals surface area (Å²) in [5, 5.41) is 0.630. The second kappa shape index (κ2) is 10.3. The summed E-state index contributed by atoms with van der Waals surface area (Å²) in [7, 11) is 0.237. The van der Waals surface area contributed by atoms with Crippen molar-refractivity contribution < 1.29 is 17.9 Å². The summed E-state index contributed by atoms with van der Waals surface area (Å²) >= 11 is 1.48. The monoisotopic (exact) mass is 516 g/mol. The Morgan fingerprint density at radius 2 is 1.74 bits per heavy atom. The van der Waals surface area contributed by atoms with Crippen LogP contribution in [0.2, 0.25) is 0 Å². The number of hydrogen-bond acceptors (Lipinski definition) is 7. The van der Waals surface area contributed by atoms with Gasteiger partial charge < -0.3 is 9.64 Å². The maximum Gasteiger partial charge on any atom is 0.260 e. The molecule has 0 radical (unpaired) electrons. The molecule has 188 valence electrons. The molecule has 0 saturated carbocycles. The molecule has 0 spiro atoms. The molecular weight excluding hydrogens is 484 g/mol. The third-order valence-corrected chi connectivity index (χ3v) is 8.79. The largest absolute Gasteiger partial charge is 0.373 e. The number of aryl methyl sites for hydroxylation is 1. The first-order valence-electron chi connectivity index (χ1n) is 11.6. The van der Waals surface area contributed by atoms with Gasteiger partial charge in [-0.2, -0.15) is 4.31 Å². The number of rotatable bonds is 7. The first-order chi connectivity index (χ1) is 16.5. The standard InChI is InChI=1S/C25H32N4O4S2/c1-17-6-11-22-23(14-17)34-25(26-22)29(13-12-27(4)5)24(30)20-7-9-21(10-8-20)35(31,32)28-15-18(2)33-19(3)16-28/h6-11,14,18-19H,12-13,15-16H2,1-5H3. The molecule has 0 aliphatic carbocycles. The molecule has 4 rings (SSSR count). The predicted molar refractivity (Wildman–Crippen MR) is 140 cm³/mol. The van der Waals surface area contributed by atoms with E-state index in [0.29, 0.717) is 36.9 Å². The number of aromatic nitrogens is 1. The molecule has 1 fully saturated rings. The van der Waals surface area contributed by atoms with Gasteiger partial charge in [-0.1, -0.05) is 17.4 Å². The highest BCUT2D eigenvalue weighted by molar-refractivity contribution is 7.89. The molecule has 1 aliphatic rings. The molecule has 2 atom stereocenters. The summed E-state index contributed by atoms with van der Waals surface area (Å²) in [5.41, 5.74) is 2.41. The Morgan fingerprint density at radius 1 is 1.09 bits per heavy atom. The number of thiazole rings is 1. The molecule has 35 heavy (non-hydrogen) atoms. The molecule has 8 nitrogen and oxygen atoms in total. The molecule has 3 aromatic rings. The van der Waals surface area contributed by atoms with Crippen LogP contribution in [0.5, 0.6) is 0 Å². The molecule has 10 heteroatoms. The Balaban J connectivity index is 1.60. The summed E-state index contributed by atoms with van der Waals surface area (Å²) in [4.78, 5) is 22.1. The smallest absolute Gasteiger partial charge is 0.260 e. The molecule has 2 heterocycles. The average molecular weight is 517 g/mol. The number of sulfonamides is 1. The van der Waals surface area contributed by atoms with Gasteiger partial charge in [0.05, 0.1) is 27.3 Å². The highest BCUT2D eigenvalue weighted by atomic mass is 32.2. The van der Waals surface area contributed by atoms with Crippen molar-refractivity contribution in [2.45, 2.75) is 37.9 Å². The normalized spacial score (nSPS) is 19.4. The number of ether oxygens (including phenoxy) is 1. The van der Waals surface area contributed by atoms with Crippen molar-refractivity contribution in [3.05, 3.63) is 53.6 Å². The van der Waals surface area contributed by atoms with Crippen LogP contribution in [-0.2, 0) is 14.8 Å². The minimum absolute atomic E-state index is 0.169. The van der Waals surface area contributed by atoms with Gasteiger partial charge in [0.2, 0.25) is 10.0 Å². The van der Waals surface area contributed by atoms with Crippen LogP contribution in [0.4, 0.5) is 5.13 Å². The summed E-state index contributed by atoms with van der Waals surface area (Å²) in [6.07, 6.45) is -0.338. The van der Waals surface area contributed by atoms with E-state index in [1.165, 1.54) is 27.8 Å². The topological polar surface area (TPSA) is 83.1 Å². The first kappa shape index (κ1) is 25.7. The second-order valence-corrected chi connectivity index (χ2v) is 12.3. The van der Waals surface area contributed by atoms with Gasteiger partial charge in [-0.15, -0.1) is 0 Å². The van der Waals surface area contributed by atoms with Gasteiger partial charge in [0.15, 0.2) is 5.13 Å². The Kier molecular flexibility index (Phi) is 7.58. The number of amides is 1. The van der Waals surface area contributed by atoms with Crippen LogP contribution in [0.1, 0.15) is 29.8 Å². The minimum atomic E-state index is -3.67. The number of benzene rings is 2. The molecule has 1 aromatic heterocycles. The molecule has 2 unspecified atom stereocenters. The number of anilines is 1.